The monoisotopic (exact) mass is 188 g/mol. The average molecular weight is 188 g/mol. The van der Waals surface area contributed by atoms with Crippen LogP contribution < -0.4 is 4.90 Å². The standard InChI is InChI=1S/C10H8N2S/c1-2-5-9-8(4-1)12-7-3-6-10(12)11-13-9/h1-6H,7H2. The molecule has 0 bridgehead atoms. The van der Waals surface area contributed by atoms with E-state index in [1.165, 1.54) is 10.6 Å². The molecule has 0 amide bonds. The zero-order valence-corrected chi connectivity index (χ0v) is 7.79. The molecule has 0 unspecified atom stereocenters. The highest BCUT2D eigenvalue weighted by atomic mass is 32.2. The maximum Gasteiger partial charge on any atom is 0.141 e. The second-order valence-corrected chi connectivity index (χ2v) is 3.83. The van der Waals surface area contributed by atoms with Gasteiger partial charge < -0.3 is 4.90 Å². The first kappa shape index (κ1) is 7.21. The van der Waals surface area contributed by atoms with Gasteiger partial charge in [-0.3, -0.25) is 0 Å². The Balaban J connectivity index is 2.14. The molecule has 0 aromatic heterocycles. The summed E-state index contributed by atoms with van der Waals surface area (Å²) in [6, 6.07) is 8.37. The van der Waals surface area contributed by atoms with Crippen molar-refractivity contribution in [1.82, 2.24) is 0 Å². The number of anilines is 1. The number of nitrogens with zero attached hydrogens (tertiary/aromatic N) is 2. The number of hydrogen-bond acceptors (Lipinski definition) is 3. The summed E-state index contributed by atoms with van der Waals surface area (Å²) in [6.07, 6.45) is 4.21. The van der Waals surface area contributed by atoms with Crippen molar-refractivity contribution in [3.63, 3.8) is 0 Å². The van der Waals surface area contributed by atoms with E-state index in [-0.39, 0.29) is 0 Å². The molecular weight excluding hydrogens is 180 g/mol. The van der Waals surface area contributed by atoms with Gasteiger partial charge in [-0.2, -0.15) is 4.40 Å². The fraction of sp³-hybridized carbons (Fsp3) is 0.100. The molecule has 0 radical (unpaired) electrons. The van der Waals surface area contributed by atoms with Crippen LogP contribution in [0.15, 0.2) is 45.7 Å². The summed E-state index contributed by atoms with van der Waals surface area (Å²) in [5.74, 6) is 1.07. The van der Waals surface area contributed by atoms with Crippen LogP contribution in [0.1, 0.15) is 0 Å². The van der Waals surface area contributed by atoms with Crippen LogP contribution in [0.3, 0.4) is 0 Å². The van der Waals surface area contributed by atoms with Crippen LogP contribution in [0.25, 0.3) is 0 Å². The van der Waals surface area contributed by atoms with Gasteiger partial charge >= 0.3 is 0 Å². The molecule has 64 valence electrons. The fourth-order valence-corrected chi connectivity index (χ4v) is 2.36. The average Bonchev–Trinajstić information content (AvgIpc) is 2.65. The van der Waals surface area contributed by atoms with E-state index in [9.17, 15) is 0 Å². The van der Waals surface area contributed by atoms with E-state index in [4.69, 9.17) is 0 Å². The third-order valence-electron chi connectivity index (χ3n) is 2.23. The van der Waals surface area contributed by atoms with E-state index < -0.39 is 0 Å². The molecular formula is C10H8N2S. The van der Waals surface area contributed by atoms with Crippen LogP contribution in [-0.4, -0.2) is 12.4 Å². The van der Waals surface area contributed by atoms with Crippen molar-refractivity contribution in [3.05, 3.63) is 36.4 Å². The Hall–Kier alpha value is -1.22. The Bertz CT molecular complexity index is 409. The molecule has 0 aliphatic carbocycles. The lowest BCUT2D eigenvalue weighted by atomic mass is 10.3. The topological polar surface area (TPSA) is 15.6 Å². The second-order valence-electron chi connectivity index (χ2n) is 3.02. The predicted molar refractivity (Wildman–Crippen MR) is 56.2 cm³/mol. The van der Waals surface area contributed by atoms with Gasteiger partial charge in [0, 0.05) is 18.5 Å². The van der Waals surface area contributed by atoms with Crippen LogP contribution in [-0.2, 0) is 0 Å². The molecule has 0 saturated carbocycles. The molecule has 13 heavy (non-hydrogen) atoms. The van der Waals surface area contributed by atoms with E-state index in [2.05, 4.69) is 45.7 Å². The van der Waals surface area contributed by atoms with E-state index in [1.54, 1.807) is 11.9 Å². The summed E-state index contributed by atoms with van der Waals surface area (Å²) in [6.45, 7) is 0.955. The zero-order chi connectivity index (χ0) is 8.67. The highest BCUT2D eigenvalue weighted by Gasteiger charge is 2.21. The largest absolute Gasteiger partial charge is 0.321 e. The normalized spacial score (nSPS) is 18.2. The van der Waals surface area contributed by atoms with Gasteiger partial charge in [0.25, 0.3) is 0 Å². The first-order valence-electron chi connectivity index (χ1n) is 4.23. The number of para-hydroxylation sites is 1. The molecule has 3 heteroatoms. The van der Waals surface area contributed by atoms with E-state index in [1.807, 2.05) is 0 Å². The lowest BCUT2D eigenvalue weighted by molar-refractivity contribution is 1.13. The van der Waals surface area contributed by atoms with Crippen LogP contribution in [0.5, 0.6) is 0 Å². The molecule has 2 aliphatic heterocycles. The molecule has 2 heterocycles. The molecule has 2 aliphatic rings. The molecule has 2 nitrogen and oxygen atoms in total. The molecule has 3 rings (SSSR count). The molecule has 1 aromatic carbocycles. The fourth-order valence-electron chi connectivity index (χ4n) is 1.60. The first-order valence-corrected chi connectivity index (χ1v) is 5.00. The van der Waals surface area contributed by atoms with Gasteiger partial charge in [0.1, 0.15) is 5.84 Å². The highest BCUT2D eigenvalue weighted by molar-refractivity contribution is 7.98. The van der Waals surface area contributed by atoms with Crippen LogP contribution in [0.4, 0.5) is 5.69 Å². The first-order chi connectivity index (χ1) is 6.45. The van der Waals surface area contributed by atoms with Crippen molar-refractivity contribution in [2.45, 2.75) is 4.90 Å². The second kappa shape index (κ2) is 2.64. The van der Waals surface area contributed by atoms with Crippen molar-refractivity contribution in [3.8, 4) is 0 Å². The number of amidine groups is 1. The smallest absolute Gasteiger partial charge is 0.141 e. The lowest BCUT2D eigenvalue weighted by Gasteiger charge is -2.24. The minimum Gasteiger partial charge on any atom is -0.321 e. The van der Waals surface area contributed by atoms with Gasteiger partial charge in [0.05, 0.1) is 10.6 Å². The van der Waals surface area contributed by atoms with Gasteiger partial charge in [0.15, 0.2) is 0 Å². The van der Waals surface area contributed by atoms with Crippen molar-refractivity contribution >= 4 is 23.5 Å². The van der Waals surface area contributed by atoms with Crippen molar-refractivity contribution < 1.29 is 0 Å². The predicted octanol–water partition coefficient (Wildman–Crippen LogP) is 2.48. The highest BCUT2D eigenvalue weighted by Crippen LogP contribution is 2.36. The third-order valence-corrected chi connectivity index (χ3v) is 3.05. The molecule has 1 aromatic rings. The van der Waals surface area contributed by atoms with Gasteiger partial charge in [-0.25, -0.2) is 0 Å². The quantitative estimate of drug-likeness (QED) is 0.581. The van der Waals surface area contributed by atoms with Crippen LogP contribution in [0, 0.1) is 0 Å². The third kappa shape index (κ3) is 1.00. The molecule has 0 N–H and O–H groups in total. The van der Waals surface area contributed by atoms with Crippen molar-refractivity contribution in [2.24, 2.45) is 4.40 Å². The summed E-state index contributed by atoms with van der Waals surface area (Å²) < 4.78 is 4.41. The van der Waals surface area contributed by atoms with E-state index in [0.29, 0.717) is 0 Å². The van der Waals surface area contributed by atoms with Gasteiger partial charge in [0.2, 0.25) is 0 Å². The minimum atomic E-state index is 0.955. The Morgan fingerprint density at radius 2 is 2.23 bits per heavy atom. The lowest BCUT2D eigenvalue weighted by Crippen LogP contribution is -2.26. The van der Waals surface area contributed by atoms with Gasteiger partial charge in [-0.1, -0.05) is 18.2 Å². The zero-order valence-electron chi connectivity index (χ0n) is 6.97. The SMILES string of the molecule is C1=CC2=NSc3ccccc3N2C1. The molecule has 0 atom stereocenters. The van der Waals surface area contributed by atoms with Gasteiger partial charge in [-0.05, 0) is 18.2 Å². The maximum absolute atomic E-state index is 4.41. The van der Waals surface area contributed by atoms with E-state index >= 15 is 0 Å². The number of rotatable bonds is 0. The minimum absolute atomic E-state index is 0.955. The summed E-state index contributed by atoms with van der Waals surface area (Å²) >= 11 is 1.56. The summed E-state index contributed by atoms with van der Waals surface area (Å²) in [4.78, 5) is 3.47. The van der Waals surface area contributed by atoms with Crippen LogP contribution >= 0.6 is 11.9 Å². The molecule has 0 fully saturated rings. The van der Waals surface area contributed by atoms with Crippen LogP contribution in [0.2, 0.25) is 0 Å². The molecule has 0 saturated heterocycles. The number of hydrogen-bond donors (Lipinski definition) is 0. The Labute approximate surface area is 81.1 Å². The Morgan fingerprint density at radius 3 is 3.23 bits per heavy atom. The summed E-state index contributed by atoms with van der Waals surface area (Å²) in [5.41, 5.74) is 1.28. The van der Waals surface area contributed by atoms with Gasteiger partial charge in [-0.15, -0.1) is 0 Å². The number of benzene rings is 1. The van der Waals surface area contributed by atoms with Crippen molar-refractivity contribution in [1.29, 1.82) is 0 Å². The maximum atomic E-state index is 4.41. The number of fused-ring (bicyclic) bond motifs is 3. The Kier molecular flexibility index (Phi) is 1.46. The summed E-state index contributed by atoms with van der Waals surface area (Å²) in [7, 11) is 0. The van der Waals surface area contributed by atoms with Crippen molar-refractivity contribution in [2.75, 3.05) is 11.4 Å². The van der Waals surface area contributed by atoms with E-state index in [0.717, 1.165) is 12.4 Å². The summed E-state index contributed by atoms with van der Waals surface area (Å²) in [5, 5.41) is 0. The Morgan fingerprint density at radius 1 is 1.31 bits per heavy atom. The molecule has 0 spiro atoms.